The Bertz CT molecular complexity index is 757. The van der Waals surface area contributed by atoms with E-state index in [1.54, 1.807) is 12.1 Å². The summed E-state index contributed by atoms with van der Waals surface area (Å²) in [5.41, 5.74) is 0.970. The second-order valence-corrected chi connectivity index (χ2v) is 7.67. The highest BCUT2D eigenvalue weighted by Gasteiger charge is 2.25. The van der Waals surface area contributed by atoms with Gasteiger partial charge in [0.05, 0.1) is 11.5 Å². The number of non-ortho nitro benzene ring substituents is 1. The van der Waals surface area contributed by atoms with Gasteiger partial charge in [-0.2, -0.15) is 0 Å². The van der Waals surface area contributed by atoms with Crippen molar-refractivity contribution in [3.8, 4) is 11.3 Å². The first-order chi connectivity index (χ1) is 13.2. The molecule has 0 radical (unpaired) electrons. The maximum Gasteiger partial charge on any atom is 0.269 e. The zero-order valence-electron chi connectivity index (χ0n) is 15.7. The van der Waals surface area contributed by atoms with Gasteiger partial charge >= 0.3 is 0 Å². The van der Waals surface area contributed by atoms with Crippen LogP contribution < -0.4 is 0 Å². The van der Waals surface area contributed by atoms with Gasteiger partial charge in [0.2, 0.25) is 0 Å². The third-order valence-corrected chi connectivity index (χ3v) is 5.87. The monoisotopic (exact) mass is 369 g/mol. The van der Waals surface area contributed by atoms with Gasteiger partial charge in [-0.15, -0.1) is 0 Å². The van der Waals surface area contributed by atoms with Gasteiger partial charge in [0, 0.05) is 36.8 Å². The SMILES string of the molecule is O=[N+]([O-])c1ccc(-c2ccc(CN3CCC(N4CCCCC4)CC3)o2)cc1. The molecule has 1 aromatic carbocycles. The van der Waals surface area contributed by atoms with Crippen molar-refractivity contribution in [1.29, 1.82) is 0 Å². The lowest BCUT2D eigenvalue weighted by Gasteiger charge is -2.40. The molecular weight excluding hydrogens is 342 g/mol. The smallest absolute Gasteiger partial charge is 0.269 e. The maximum atomic E-state index is 10.8. The van der Waals surface area contributed by atoms with E-state index in [0.29, 0.717) is 0 Å². The number of hydrogen-bond donors (Lipinski definition) is 0. The first-order valence-corrected chi connectivity index (χ1v) is 9.99. The highest BCUT2D eigenvalue weighted by atomic mass is 16.6. The third kappa shape index (κ3) is 4.39. The van der Waals surface area contributed by atoms with Crippen LogP contribution in [0.5, 0.6) is 0 Å². The molecule has 3 heterocycles. The van der Waals surface area contributed by atoms with Crippen molar-refractivity contribution in [1.82, 2.24) is 9.80 Å². The quantitative estimate of drug-likeness (QED) is 0.581. The molecule has 2 aromatic rings. The van der Waals surface area contributed by atoms with E-state index in [2.05, 4.69) is 9.80 Å². The molecular formula is C21H27N3O3. The Kier molecular flexibility index (Phi) is 5.55. The van der Waals surface area contributed by atoms with Gasteiger partial charge < -0.3 is 9.32 Å². The number of nitro benzene ring substituents is 1. The van der Waals surface area contributed by atoms with E-state index >= 15 is 0 Å². The van der Waals surface area contributed by atoms with Gasteiger partial charge in [-0.05, 0) is 63.0 Å². The lowest BCUT2D eigenvalue weighted by Crippen LogP contribution is -2.46. The van der Waals surface area contributed by atoms with Crippen LogP contribution >= 0.6 is 0 Å². The van der Waals surface area contributed by atoms with E-state index in [1.165, 1.54) is 57.3 Å². The molecule has 0 atom stereocenters. The summed E-state index contributed by atoms with van der Waals surface area (Å²) in [7, 11) is 0. The van der Waals surface area contributed by atoms with Crippen molar-refractivity contribution < 1.29 is 9.34 Å². The summed E-state index contributed by atoms with van der Waals surface area (Å²) >= 11 is 0. The largest absolute Gasteiger partial charge is 0.460 e. The van der Waals surface area contributed by atoms with Crippen molar-refractivity contribution >= 4 is 5.69 Å². The average molecular weight is 369 g/mol. The van der Waals surface area contributed by atoms with Crippen LogP contribution in [0.2, 0.25) is 0 Å². The zero-order chi connectivity index (χ0) is 18.6. The number of nitrogens with zero attached hydrogens (tertiary/aromatic N) is 3. The zero-order valence-corrected chi connectivity index (χ0v) is 15.7. The Hall–Kier alpha value is -2.18. The van der Waals surface area contributed by atoms with E-state index in [0.717, 1.165) is 42.8 Å². The summed E-state index contributed by atoms with van der Waals surface area (Å²) in [4.78, 5) is 15.6. The van der Waals surface area contributed by atoms with Crippen LogP contribution in [0, 0.1) is 10.1 Å². The molecule has 1 aromatic heterocycles. The van der Waals surface area contributed by atoms with Gasteiger partial charge in [0.1, 0.15) is 11.5 Å². The second-order valence-electron chi connectivity index (χ2n) is 7.67. The average Bonchev–Trinajstić information content (AvgIpc) is 3.18. The molecule has 6 nitrogen and oxygen atoms in total. The standard InChI is InChI=1S/C21H27N3O3/c25-24(26)19-6-4-17(5-7-19)21-9-8-20(27-21)16-22-14-10-18(11-15-22)23-12-2-1-3-13-23/h4-9,18H,1-3,10-16H2. The number of likely N-dealkylation sites (tertiary alicyclic amines) is 2. The molecule has 0 aliphatic carbocycles. The normalized spacial score (nSPS) is 20.0. The molecule has 2 saturated heterocycles. The molecule has 0 unspecified atom stereocenters. The molecule has 0 N–H and O–H groups in total. The highest BCUT2D eigenvalue weighted by Crippen LogP contribution is 2.26. The predicted molar refractivity (Wildman–Crippen MR) is 105 cm³/mol. The predicted octanol–water partition coefficient (Wildman–Crippen LogP) is 4.31. The number of nitro groups is 1. The molecule has 4 rings (SSSR count). The van der Waals surface area contributed by atoms with Gasteiger partial charge in [0.25, 0.3) is 5.69 Å². The summed E-state index contributed by atoms with van der Waals surface area (Å²) in [5, 5.41) is 10.8. The minimum atomic E-state index is -0.384. The Morgan fingerprint density at radius 3 is 2.33 bits per heavy atom. The molecule has 27 heavy (non-hydrogen) atoms. The minimum Gasteiger partial charge on any atom is -0.460 e. The van der Waals surface area contributed by atoms with Crippen LogP contribution in [0.3, 0.4) is 0 Å². The van der Waals surface area contributed by atoms with Crippen LogP contribution in [0.4, 0.5) is 5.69 Å². The van der Waals surface area contributed by atoms with Gasteiger partial charge in [0.15, 0.2) is 0 Å². The van der Waals surface area contributed by atoms with Gasteiger partial charge in [-0.25, -0.2) is 0 Å². The van der Waals surface area contributed by atoms with Crippen LogP contribution in [-0.2, 0) is 6.54 Å². The summed E-state index contributed by atoms with van der Waals surface area (Å²) < 4.78 is 5.99. The molecule has 0 saturated carbocycles. The minimum absolute atomic E-state index is 0.0992. The maximum absolute atomic E-state index is 10.8. The van der Waals surface area contributed by atoms with E-state index in [1.807, 2.05) is 12.1 Å². The number of benzene rings is 1. The Morgan fingerprint density at radius 1 is 0.963 bits per heavy atom. The number of rotatable bonds is 5. The fraction of sp³-hybridized carbons (Fsp3) is 0.524. The van der Waals surface area contributed by atoms with Crippen molar-refractivity contribution in [2.24, 2.45) is 0 Å². The highest BCUT2D eigenvalue weighted by molar-refractivity contribution is 5.59. The molecule has 2 aliphatic heterocycles. The molecule has 6 heteroatoms. The first-order valence-electron chi connectivity index (χ1n) is 9.99. The van der Waals surface area contributed by atoms with E-state index in [4.69, 9.17) is 4.42 Å². The summed E-state index contributed by atoms with van der Waals surface area (Å²) in [6.07, 6.45) is 6.60. The molecule has 2 fully saturated rings. The lowest BCUT2D eigenvalue weighted by molar-refractivity contribution is -0.384. The molecule has 0 bridgehead atoms. The summed E-state index contributed by atoms with van der Waals surface area (Å²) in [6, 6.07) is 11.3. The van der Waals surface area contributed by atoms with Crippen molar-refractivity contribution in [2.75, 3.05) is 26.2 Å². The van der Waals surface area contributed by atoms with E-state index < -0.39 is 0 Å². The number of piperidine rings is 2. The number of hydrogen-bond acceptors (Lipinski definition) is 5. The summed E-state index contributed by atoms with van der Waals surface area (Å²) in [6.45, 7) is 5.63. The summed E-state index contributed by atoms with van der Waals surface area (Å²) in [5.74, 6) is 1.72. The van der Waals surface area contributed by atoms with Crippen LogP contribution in [0.15, 0.2) is 40.8 Å². The Labute approximate surface area is 159 Å². The fourth-order valence-corrected chi connectivity index (χ4v) is 4.31. The van der Waals surface area contributed by atoms with E-state index in [-0.39, 0.29) is 10.6 Å². The molecule has 0 amide bonds. The van der Waals surface area contributed by atoms with Crippen molar-refractivity contribution in [3.63, 3.8) is 0 Å². The van der Waals surface area contributed by atoms with Gasteiger partial charge in [-0.1, -0.05) is 6.42 Å². The molecule has 144 valence electrons. The van der Waals surface area contributed by atoms with E-state index in [9.17, 15) is 10.1 Å². The lowest BCUT2D eigenvalue weighted by atomic mass is 10.00. The first kappa shape index (κ1) is 18.2. The second kappa shape index (κ2) is 8.23. The topological polar surface area (TPSA) is 62.8 Å². The molecule has 2 aliphatic rings. The van der Waals surface area contributed by atoms with Gasteiger partial charge in [-0.3, -0.25) is 15.0 Å². The van der Waals surface area contributed by atoms with Crippen LogP contribution in [-0.4, -0.2) is 46.9 Å². The van der Waals surface area contributed by atoms with Crippen molar-refractivity contribution in [3.05, 3.63) is 52.3 Å². The Morgan fingerprint density at radius 2 is 1.67 bits per heavy atom. The Balaban J connectivity index is 1.31. The van der Waals surface area contributed by atoms with Crippen LogP contribution in [0.1, 0.15) is 37.9 Å². The van der Waals surface area contributed by atoms with Crippen LogP contribution in [0.25, 0.3) is 11.3 Å². The fourth-order valence-electron chi connectivity index (χ4n) is 4.31. The third-order valence-electron chi connectivity index (χ3n) is 5.87. The number of furan rings is 1. The molecule has 0 spiro atoms. The van der Waals surface area contributed by atoms with Crippen molar-refractivity contribution in [2.45, 2.75) is 44.7 Å².